The Morgan fingerprint density at radius 3 is 2.35 bits per heavy atom. The molecule has 6 heteroatoms. The van der Waals surface area contributed by atoms with Crippen LogP contribution in [0.15, 0.2) is 24.3 Å². The molecule has 1 saturated carbocycles. The van der Waals surface area contributed by atoms with Crippen LogP contribution in [0.25, 0.3) is 0 Å². The van der Waals surface area contributed by atoms with Gasteiger partial charge in [-0.25, -0.2) is 0 Å². The average molecular weight is 357 g/mol. The highest BCUT2D eigenvalue weighted by Crippen LogP contribution is 2.48. The minimum Gasteiger partial charge on any atom is -0.395 e. The number of amides is 2. The first kappa shape index (κ1) is 17.3. The van der Waals surface area contributed by atoms with Crippen molar-refractivity contribution in [2.24, 2.45) is 5.41 Å². The smallest absolute Gasteiger partial charge is 0.254 e. The second-order valence-electron chi connectivity index (χ2n) is 8.08. The molecule has 0 radical (unpaired) electrons. The van der Waals surface area contributed by atoms with Gasteiger partial charge in [0, 0.05) is 30.9 Å². The summed E-state index contributed by atoms with van der Waals surface area (Å²) in [5, 5.41) is 15.6. The van der Waals surface area contributed by atoms with Gasteiger partial charge in [0.05, 0.1) is 17.6 Å². The van der Waals surface area contributed by atoms with E-state index in [1.807, 2.05) is 36.2 Å². The Morgan fingerprint density at radius 1 is 1.15 bits per heavy atom. The molecule has 140 valence electrons. The quantitative estimate of drug-likeness (QED) is 0.725. The van der Waals surface area contributed by atoms with E-state index in [1.54, 1.807) is 0 Å². The lowest BCUT2D eigenvalue weighted by Gasteiger charge is -2.35. The second-order valence-corrected chi connectivity index (χ2v) is 8.08. The Labute approximate surface area is 153 Å². The van der Waals surface area contributed by atoms with Crippen LogP contribution in [0.1, 0.15) is 48.9 Å². The number of fused-ring (bicyclic) bond motifs is 2. The van der Waals surface area contributed by atoms with Crippen LogP contribution in [0, 0.1) is 5.41 Å². The van der Waals surface area contributed by atoms with Crippen LogP contribution in [-0.4, -0.2) is 53.6 Å². The van der Waals surface area contributed by atoms with Gasteiger partial charge in [0.2, 0.25) is 5.91 Å². The van der Waals surface area contributed by atoms with Gasteiger partial charge < -0.3 is 20.6 Å². The number of aliphatic hydroxyl groups is 1. The first-order chi connectivity index (χ1) is 12.5. The normalized spacial score (nSPS) is 28.1. The lowest BCUT2D eigenvalue weighted by atomic mass is 9.87. The molecule has 1 aromatic carbocycles. The second kappa shape index (κ2) is 6.27. The van der Waals surface area contributed by atoms with E-state index < -0.39 is 5.41 Å². The molecule has 26 heavy (non-hydrogen) atoms. The van der Waals surface area contributed by atoms with E-state index >= 15 is 0 Å². The third kappa shape index (κ3) is 2.67. The third-order valence-electron chi connectivity index (χ3n) is 6.62. The topological polar surface area (TPSA) is 81.7 Å². The summed E-state index contributed by atoms with van der Waals surface area (Å²) >= 11 is 0. The summed E-state index contributed by atoms with van der Waals surface area (Å²) in [4.78, 5) is 27.6. The zero-order valence-electron chi connectivity index (χ0n) is 15.3. The van der Waals surface area contributed by atoms with E-state index in [2.05, 4.69) is 10.6 Å². The average Bonchev–Trinajstić information content (AvgIpc) is 3.32. The molecule has 4 rings (SSSR count). The van der Waals surface area contributed by atoms with Gasteiger partial charge in [-0.3, -0.25) is 9.59 Å². The van der Waals surface area contributed by atoms with Gasteiger partial charge in [-0.1, -0.05) is 0 Å². The molecule has 6 nitrogen and oxygen atoms in total. The van der Waals surface area contributed by atoms with Crippen molar-refractivity contribution in [2.75, 3.05) is 25.5 Å². The number of benzene rings is 1. The zero-order chi connectivity index (χ0) is 18.4. The Morgan fingerprint density at radius 2 is 1.81 bits per heavy atom. The van der Waals surface area contributed by atoms with Crippen molar-refractivity contribution in [1.82, 2.24) is 10.2 Å². The first-order valence-corrected chi connectivity index (χ1v) is 9.54. The van der Waals surface area contributed by atoms with Crippen molar-refractivity contribution in [2.45, 2.75) is 50.1 Å². The Balaban J connectivity index is 1.49. The van der Waals surface area contributed by atoms with Crippen LogP contribution in [0.4, 0.5) is 5.69 Å². The van der Waals surface area contributed by atoms with E-state index in [4.69, 9.17) is 0 Å². The summed E-state index contributed by atoms with van der Waals surface area (Å²) in [6.45, 7) is 0.402. The molecule has 2 aliphatic heterocycles. The van der Waals surface area contributed by atoms with Gasteiger partial charge in [-0.05, 0) is 62.8 Å². The van der Waals surface area contributed by atoms with Crippen LogP contribution < -0.4 is 10.6 Å². The lowest BCUT2D eigenvalue weighted by Crippen LogP contribution is -2.53. The molecule has 2 heterocycles. The third-order valence-corrected chi connectivity index (χ3v) is 6.62. The van der Waals surface area contributed by atoms with E-state index in [9.17, 15) is 14.7 Å². The number of rotatable bonds is 6. The van der Waals surface area contributed by atoms with Gasteiger partial charge in [-0.2, -0.15) is 0 Å². The molecule has 1 aliphatic carbocycles. The van der Waals surface area contributed by atoms with E-state index in [1.165, 1.54) is 0 Å². The van der Waals surface area contributed by atoms with Crippen molar-refractivity contribution < 1.29 is 14.7 Å². The molecular weight excluding hydrogens is 330 g/mol. The van der Waals surface area contributed by atoms with Crippen LogP contribution in [0.2, 0.25) is 0 Å². The molecule has 2 saturated heterocycles. The number of hydrogen-bond acceptors (Lipinski definition) is 4. The molecule has 2 bridgehead atoms. The van der Waals surface area contributed by atoms with Crippen LogP contribution >= 0.6 is 0 Å². The highest BCUT2D eigenvalue weighted by molar-refractivity contribution is 5.96. The standard InChI is InChI=1S/C20H27N3O3/c1-21-15-4-2-14(3-5-15)17(25)23-16-6-8-20(23,9-7-16)12-22-18(26)19(13-24)10-11-19/h2-5,16,21,24H,6-13H2,1H3,(H,22,26). The van der Waals surface area contributed by atoms with Crippen molar-refractivity contribution in [3.05, 3.63) is 29.8 Å². The highest BCUT2D eigenvalue weighted by Gasteiger charge is 2.55. The number of carbonyl (C=O) groups is 2. The summed E-state index contributed by atoms with van der Waals surface area (Å²) in [6.07, 6.45) is 5.38. The fraction of sp³-hybridized carbons (Fsp3) is 0.600. The SMILES string of the molecule is CNc1ccc(C(=O)N2C3CCC2(CNC(=O)C2(CO)CC2)CC3)cc1. The van der Waals surface area contributed by atoms with Crippen molar-refractivity contribution in [3.8, 4) is 0 Å². The van der Waals surface area contributed by atoms with Crippen LogP contribution in [0.3, 0.4) is 0 Å². The largest absolute Gasteiger partial charge is 0.395 e. The molecule has 0 spiro atoms. The number of nitrogens with zero attached hydrogens (tertiary/aromatic N) is 1. The maximum atomic E-state index is 13.2. The van der Waals surface area contributed by atoms with E-state index in [0.29, 0.717) is 12.1 Å². The fourth-order valence-electron chi connectivity index (χ4n) is 4.63. The zero-order valence-corrected chi connectivity index (χ0v) is 15.3. The van der Waals surface area contributed by atoms with Gasteiger partial charge >= 0.3 is 0 Å². The minimum atomic E-state index is -0.564. The minimum absolute atomic E-state index is 0.0597. The number of hydrogen-bond donors (Lipinski definition) is 3. The van der Waals surface area contributed by atoms with E-state index in [-0.39, 0.29) is 30.0 Å². The summed E-state index contributed by atoms with van der Waals surface area (Å²) in [6, 6.07) is 7.83. The fourth-order valence-corrected chi connectivity index (χ4v) is 4.63. The summed E-state index contributed by atoms with van der Waals surface area (Å²) < 4.78 is 0. The molecule has 0 aromatic heterocycles. The number of anilines is 1. The molecule has 0 unspecified atom stereocenters. The van der Waals surface area contributed by atoms with Gasteiger partial charge in [0.15, 0.2) is 0 Å². The van der Waals surface area contributed by atoms with Crippen molar-refractivity contribution >= 4 is 17.5 Å². The molecule has 0 atom stereocenters. The molecule has 3 aliphatic rings. The summed E-state index contributed by atoms with van der Waals surface area (Å²) in [5.74, 6) is 0.000641. The monoisotopic (exact) mass is 357 g/mol. The first-order valence-electron chi connectivity index (χ1n) is 9.54. The van der Waals surface area contributed by atoms with Crippen molar-refractivity contribution in [3.63, 3.8) is 0 Å². The molecular formula is C20H27N3O3. The van der Waals surface area contributed by atoms with E-state index in [0.717, 1.165) is 44.2 Å². The Bertz CT molecular complexity index is 704. The summed E-state index contributed by atoms with van der Waals surface area (Å²) in [5.41, 5.74) is 0.838. The van der Waals surface area contributed by atoms with Gasteiger partial charge in [0.1, 0.15) is 0 Å². The molecule has 2 amide bonds. The number of aliphatic hydroxyl groups excluding tert-OH is 1. The predicted molar refractivity (Wildman–Crippen MR) is 98.9 cm³/mol. The highest BCUT2D eigenvalue weighted by atomic mass is 16.3. The molecule has 3 N–H and O–H groups in total. The summed E-state index contributed by atoms with van der Waals surface area (Å²) in [7, 11) is 1.86. The molecule has 3 fully saturated rings. The Hall–Kier alpha value is -2.08. The Kier molecular flexibility index (Phi) is 4.18. The number of nitrogens with one attached hydrogen (secondary N) is 2. The maximum absolute atomic E-state index is 13.2. The predicted octanol–water partition coefficient (Wildman–Crippen LogP) is 1.75. The lowest BCUT2D eigenvalue weighted by molar-refractivity contribution is -0.128. The number of carbonyl (C=O) groups excluding carboxylic acids is 2. The molecule has 1 aromatic rings. The van der Waals surface area contributed by atoms with Crippen LogP contribution in [-0.2, 0) is 4.79 Å². The maximum Gasteiger partial charge on any atom is 0.254 e. The van der Waals surface area contributed by atoms with Crippen LogP contribution in [0.5, 0.6) is 0 Å². The van der Waals surface area contributed by atoms with Gasteiger partial charge in [0.25, 0.3) is 5.91 Å². The van der Waals surface area contributed by atoms with Crippen molar-refractivity contribution in [1.29, 1.82) is 0 Å². The van der Waals surface area contributed by atoms with Gasteiger partial charge in [-0.15, -0.1) is 0 Å².